The van der Waals surface area contributed by atoms with Gasteiger partial charge in [-0.3, -0.25) is 4.99 Å². The van der Waals surface area contributed by atoms with Gasteiger partial charge in [-0.2, -0.15) is 0 Å². The van der Waals surface area contributed by atoms with Gasteiger partial charge in [0, 0.05) is 12.1 Å². The standard InChI is InChI=1S/C14H27N3/c1-5-8-14(9-6-7-10-14)11-16-12(15)17-13(2,3)4/h5H,1,6-11H2,2-4H3,(H3,15,16,17). The van der Waals surface area contributed by atoms with Crippen molar-refractivity contribution in [3.8, 4) is 0 Å². The molecule has 1 fully saturated rings. The van der Waals surface area contributed by atoms with E-state index < -0.39 is 0 Å². The fourth-order valence-corrected chi connectivity index (χ4v) is 2.53. The topological polar surface area (TPSA) is 50.4 Å². The summed E-state index contributed by atoms with van der Waals surface area (Å²) in [6.45, 7) is 11.0. The highest BCUT2D eigenvalue weighted by atomic mass is 15.1. The normalized spacial score (nSPS) is 20.3. The highest BCUT2D eigenvalue weighted by molar-refractivity contribution is 5.78. The van der Waals surface area contributed by atoms with Crippen LogP contribution in [0, 0.1) is 5.41 Å². The van der Waals surface area contributed by atoms with Gasteiger partial charge in [0.2, 0.25) is 0 Å². The number of aliphatic imine (C=N–C) groups is 1. The average Bonchev–Trinajstić information content (AvgIpc) is 2.62. The fourth-order valence-electron chi connectivity index (χ4n) is 2.53. The van der Waals surface area contributed by atoms with Crippen molar-refractivity contribution in [2.45, 2.75) is 58.4 Å². The third-order valence-electron chi connectivity index (χ3n) is 3.33. The second kappa shape index (κ2) is 5.56. The predicted octanol–water partition coefficient (Wildman–Crippen LogP) is 2.83. The van der Waals surface area contributed by atoms with Crippen molar-refractivity contribution in [2.24, 2.45) is 16.1 Å². The van der Waals surface area contributed by atoms with Crippen molar-refractivity contribution < 1.29 is 0 Å². The lowest BCUT2D eigenvalue weighted by atomic mass is 9.83. The summed E-state index contributed by atoms with van der Waals surface area (Å²) in [4.78, 5) is 4.52. The largest absolute Gasteiger partial charge is 0.370 e. The molecule has 0 aliphatic heterocycles. The van der Waals surface area contributed by atoms with Gasteiger partial charge in [0.25, 0.3) is 0 Å². The second-order valence-electron chi connectivity index (χ2n) is 6.28. The van der Waals surface area contributed by atoms with Crippen molar-refractivity contribution in [1.82, 2.24) is 5.32 Å². The Morgan fingerprint density at radius 2 is 2.00 bits per heavy atom. The van der Waals surface area contributed by atoms with Gasteiger partial charge < -0.3 is 11.1 Å². The van der Waals surface area contributed by atoms with E-state index in [1.807, 2.05) is 6.08 Å². The Morgan fingerprint density at radius 3 is 2.47 bits per heavy atom. The highest BCUT2D eigenvalue weighted by Crippen LogP contribution is 2.41. The molecule has 0 aromatic carbocycles. The Morgan fingerprint density at radius 1 is 1.41 bits per heavy atom. The van der Waals surface area contributed by atoms with Crippen LogP contribution in [-0.2, 0) is 0 Å². The first-order valence-electron chi connectivity index (χ1n) is 6.56. The molecule has 0 bridgehead atoms. The quantitative estimate of drug-likeness (QED) is 0.449. The van der Waals surface area contributed by atoms with Gasteiger partial charge in [-0.15, -0.1) is 6.58 Å². The number of rotatable bonds is 4. The number of nitrogens with two attached hydrogens (primary N) is 1. The van der Waals surface area contributed by atoms with Crippen LogP contribution < -0.4 is 11.1 Å². The maximum absolute atomic E-state index is 5.91. The van der Waals surface area contributed by atoms with Gasteiger partial charge in [-0.1, -0.05) is 18.9 Å². The van der Waals surface area contributed by atoms with Gasteiger partial charge >= 0.3 is 0 Å². The van der Waals surface area contributed by atoms with Gasteiger partial charge in [0.1, 0.15) is 0 Å². The van der Waals surface area contributed by atoms with E-state index in [0.29, 0.717) is 11.4 Å². The van der Waals surface area contributed by atoms with Crippen molar-refractivity contribution in [3.63, 3.8) is 0 Å². The molecule has 1 aliphatic rings. The predicted molar refractivity (Wildman–Crippen MR) is 75.1 cm³/mol. The maximum Gasteiger partial charge on any atom is 0.189 e. The van der Waals surface area contributed by atoms with Crippen LogP contribution in [0.25, 0.3) is 0 Å². The monoisotopic (exact) mass is 237 g/mol. The van der Waals surface area contributed by atoms with Crippen LogP contribution in [-0.4, -0.2) is 18.0 Å². The first-order valence-corrected chi connectivity index (χ1v) is 6.56. The molecule has 3 heteroatoms. The van der Waals surface area contributed by atoms with Crippen LogP contribution in [0.5, 0.6) is 0 Å². The van der Waals surface area contributed by atoms with Gasteiger partial charge in [0.05, 0.1) is 0 Å². The van der Waals surface area contributed by atoms with E-state index in [1.165, 1.54) is 25.7 Å². The van der Waals surface area contributed by atoms with Gasteiger partial charge in [0.15, 0.2) is 5.96 Å². The summed E-state index contributed by atoms with van der Waals surface area (Å²) in [6.07, 6.45) is 8.22. The number of hydrogen-bond acceptors (Lipinski definition) is 1. The lowest BCUT2D eigenvalue weighted by Gasteiger charge is -2.27. The van der Waals surface area contributed by atoms with Crippen molar-refractivity contribution >= 4 is 5.96 Å². The molecule has 3 N–H and O–H groups in total. The van der Waals surface area contributed by atoms with Crippen LogP contribution >= 0.6 is 0 Å². The summed E-state index contributed by atoms with van der Waals surface area (Å²) in [5.74, 6) is 0.563. The first kappa shape index (κ1) is 14.1. The molecule has 0 heterocycles. The summed E-state index contributed by atoms with van der Waals surface area (Å²) >= 11 is 0. The van der Waals surface area contributed by atoms with E-state index >= 15 is 0 Å². The molecule has 0 unspecified atom stereocenters. The van der Waals surface area contributed by atoms with Crippen LogP contribution in [0.4, 0.5) is 0 Å². The van der Waals surface area contributed by atoms with Crippen molar-refractivity contribution in [2.75, 3.05) is 6.54 Å². The zero-order valence-corrected chi connectivity index (χ0v) is 11.6. The Labute approximate surface area is 106 Å². The molecule has 1 aliphatic carbocycles. The summed E-state index contributed by atoms with van der Waals surface area (Å²) in [6, 6.07) is 0. The third-order valence-corrected chi connectivity index (χ3v) is 3.33. The highest BCUT2D eigenvalue weighted by Gasteiger charge is 2.32. The lowest BCUT2D eigenvalue weighted by Crippen LogP contribution is -2.45. The van der Waals surface area contributed by atoms with Gasteiger partial charge in [-0.05, 0) is 45.4 Å². The molecule has 0 amide bonds. The molecule has 1 rings (SSSR count). The molecule has 0 spiro atoms. The Bertz CT molecular complexity index is 280. The Balaban J connectivity index is 2.56. The minimum absolute atomic E-state index is 0.0190. The zero-order valence-electron chi connectivity index (χ0n) is 11.6. The molecule has 0 saturated heterocycles. The number of nitrogens with zero attached hydrogens (tertiary/aromatic N) is 1. The maximum atomic E-state index is 5.91. The van der Waals surface area contributed by atoms with Crippen molar-refractivity contribution in [1.29, 1.82) is 0 Å². The summed E-state index contributed by atoms with van der Waals surface area (Å²) in [7, 11) is 0. The number of allylic oxidation sites excluding steroid dienone is 1. The molecule has 0 aromatic heterocycles. The average molecular weight is 237 g/mol. The molecule has 1 saturated carbocycles. The van der Waals surface area contributed by atoms with Gasteiger partial charge in [-0.25, -0.2) is 0 Å². The van der Waals surface area contributed by atoms with E-state index in [2.05, 4.69) is 37.7 Å². The lowest BCUT2D eigenvalue weighted by molar-refractivity contribution is 0.314. The zero-order chi connectivity index (χ0) is 12.9. The van der Waals surface area contributed by atoms with E-state index in [0.717, 1.165) is 13.0 Å². The molecule has 98 valence electrons. The van der Waals surface area contributed by atoms with E-state index in [9.17, 15) is 0 Å². The Hall–Kier alpha value is -0.990. The van der Waals surface area contributed by atoms with E-state index in [-0.39, 0.29) is 5.54 Å². The minimum atomic E-state index is -0.0190. The summed E-state index contributed by atoms with van der Waals surface area (Å²) in [5.41, 5.74) is 6.21. The molecule has 17 heavy (non-hydrogen) atoms. The molecular formula is C14H27N3. The molecular weight excluding hydrogens is 210 g/mol. The molecule has 3 nitrogen and oxygen atoms in total. The van der Waals surface area contributed by atoms with Crippen LogP contribution in [0.1, 0.15) is 52.9 Å². The van der Waals surface area contributed by atoms with Crippen LogP contribution in [0.15, 0.2) is 17.6 Å². The smallest absolute Gasteiger partial charge is 0.189 e. The number of hydrogen-bond donors (Lipinski definition) is 2. The first-order chi connectivity index (χ1) is 7.87. The molecule has 0 radical (unpaired) electrons. The SMILES string of the molecule is C=CCC1(CN=C(N)NC(C)(C)C)CCCC1. The van der Waals surface area contributed by atoms with Crippen LogP contribution in [0.3, 0.4) is 0 Å². The molecule has 0 atom stereocenters. The van der Waals surface area contributed by atoms with Crippen LogP contribution in [0.2, 0.25) is 0 Å². The van der Waals surface area contributed by atoms with Crippen molar-refractivity contribution in [3.05, 3.63) is 12.7 Å². The summed E-state index contributed by atoms with van der Waals surface area (Å²) < 4.78 is 0. The molecule has 0 aromatic rings. The summed E-state index contributed by atoms with van der Waals surface area (Å²) in [5, 5.41) is 3.20. The van der Waals surface area contributed by atoms with E-state index in [1.54, 1.807) is 0 Å². The number of guanidine groups is 1. The van der Waals surface area contributed by atoms with E-state index in [4.69, 9.17) is 5.73 Å². The minimum Gasteiger partial charge on any atom is -0.370 e. The third kappa shape index (κ3) is 4.80. The fraction of sp³-hybridized carbons (Fsp3) is 0.786. The Kier molecular flexibility index (Phi) is 4.61. The number of nitrogens with one attached hydrogen (secondary N) is 1. The second-order valence-corrected chi connectivity index (χ2v) is 6.28.